The Morgan fingerprint density at radius 1 is 1.29 bits per heavy atom. The maximum atomic E-state index is 4.60. The van der Waals surface area contributed by atoms with Crippen LogP contribution in [0.2, 0.25) is 0 Å². The average Bonchev–Trinajstić information content (AvgIpc) is 3.12. The second kappa shape index (κ2) is 4.55. The zero-order valence-electron chi connectivity index (χ0n) is 11.4. The van der Waals surface area contributed by atoms with E-state index in [9.17, 15) is 0 Å². The molecule has 4 aromatic heterocycles. The summed E-state index contributed by atoms with van der Waals surface area (Å²) in [6.45, 7) is 2.80. The Kier molecular flexibility index (Phi) is 2.56. The number of hydrogen-bond donors (Lipinski definition) is 2. The van der Waals surface area contributed by atoms with Crippen molar-refractivity contribution in [3.05, 3.63) is 36.9 Å². The van der Waals surface area contributed by atoms with E-state index in [1.807, 2.05) is 37.6 Å². The zero-order valence-corrected chi connectivity index (χ0v) is 11.4. The summed E-state index contributed by atoms with van der Waals surface area (Å²) in [7, 11) is 0. The van der Waals surface area contributed by atoms with Gasteiger partial charge in [0.05, 0.1) is 11.9 Å². The van der Waals surface area contributed by atoms with Crippen molar-refractivity contribution < 1.29 is 0 Å². The Bertz CT molecular complexity index is 921. The van der Waals surface area contributed by atoms with Crippen LogP contribution in [0.4, 0.5) is 5.95 Å². The number of H-pyrrole nitrogens is 1. The molecule has 0 unspecified atom stereocenters. The molecule has 4 aromatic rings. The van der Waals surface area contributed by atoms with Crippen molar-refractivity contribution in [2.75, 3.05) is 11.9 Å². The van der Waals surface area contributed by atoms with Crippen LogP contribution < -0.4 is 5.32 Å². The summed E-state index contributed by atoms with van der Waals surface area (Å²) in [5.74, 6) is 0.623. The summed E-state index contributed by atoms with van der Waals surface area (Å²) in [6.07, 6.45) is 7.34. The van der Waals surface area contributed by atoms with Gasteiger partial charge in [-0.15, -0.1) is 0 Å². The van der Waals surface area contributed by atoms with Gasteiger partial charge in [0.15, 0.2) is 5.65 Å². The standard InChI is InChI=1S/C14H13N7/c1-2-15-14-17-8-10-9(7-16-13(10)20-14)11-4-6-21-12(19-11)3-5-18-21/h3-8H,2H2,1H3,(H2,15,16,17,20). The quantitative estimate of drug-likeness (QED) is 0.600. The van der Waals surface area contributed by atoms with Gasteiger partial charge in [0.2, 0.25) is 5.95 Å². The third kappa shape index (κ3) is 1.90. The minimum absolute atomic E-state index is 0.623. The van der Waals surface area contributed by atoms with Gasteiger partial charge in [-0.2, -0.15) is 10.1 Å². The highest BCUT2D eigenvalue weighted by atomic mass is 15.2. The minimum atomic E-state index is 0.623. The van der Waals surface area contributed by atoms with Gasteiger partial charge in [-0.3, -0.25) is 0 Å². The number of nitrogens with zero attached hydrogens (tertiary/aromatic N) is 5. The van der Waals surface area contributed by atoms with Crippen molar-refractivity contribution in [2.24, 2.45) is 0 Å². The van der Waals surface area contributed by atoms with Crippen LogP contribution in [0.1, 0.15) is 6.92 Å². The number of fused-ring (bicyclic) bond motifs is 2. The lowest BCUT2D eigenvalue weighted by Crippen LogP contribution is -2.01. The first-order valence-corrected chi connectivity index (χ1v) is 6.74. The molecule has 4 rings (SSSR count). The van der Waals surface area contributed by atoms with Crippen LogP contribution in [-0.4, -0.2) is 36.1 Å². The Balaban J connectivity index is 1.85. The smallest absolute Gasteiger partial charge is 0.224 e. The number of rotatable bonds is 3. The lowest BCUT2D eigenvalue weighted by Gasteiger charge is -2.02. The van der Waals surface area contributed by atoms with Crippen LogP contribution >= 0.6 is 0 Å². The van der Waals surface area contributed by atoms with Crippen LogP contribution in [0.15, 0.2) is 36.9 Å². The van der Waals surface area contributed by atoms with Crippen LogP contribution in [0.5, 0.6) is 0 Å². The molecule has 0 bridgehead atoms. The predicted octanol–water partition coefficient (Wildman–Crippen LogP) is 2.10. The number of aromatic amines is 1. The lowest BCUT2D eigenvalue weighted by molar-refractivity contribution is 0.941. The Morgan fingerprint density at radius 3 is 3.14 bits per heavy atom. The molecule has 0 aliphatic rings. The fourth-order valence-corrected chi connectivity index (χ4v) is 2.33. The number of anilines is 1. The summed E-state index contributed by atoms with van der Waals surface area (Å²) in [6, 6.07) is 3.80. The molecular weight excluding hydrogens is 266 g/mol. The molecule has 0 aliphatic heterocycles. The Labute approximate surface area is 120 Å². The summed E-state index contributed by atoms with van der Waals surface area (Å²) in [4.78, 5) is 16.5. The van der Waals surface area contributed by atoms with E-state index in [4.69, 9.17) is 0 Å². The van der Waals surface area contributed by atoms with Gasteiger partial charge >= 0.3 is 0 Å². The van der Waals surface area contributed by atoms with Crippen molar-refractivity contribution in [1.82, 2.24) is 29.5 Å². The molecule has 2 N–H and O–H groups in total. The molecule has 0 saturated carbocycles. The maximum absolute atomic E-state index is 4.60. The van der Waals surface area contributed by atoms with Gasteiger partial charge in [-0.05, 0) is 13.0 Å². The highest BCUT2D eigenvalue weighted by molar-refractivity contribution is 5.92. The summed E-state index contributed by atoms with van der Waals surface area (Å²) in [5, 5.41) is 8.20. The van der Waals surface area contributed by atoms with E-state index in [-0.39, 0.29) is 0 Å². The molecule has 0 spiro atoms. The molecule has 0 aliphatic carbocycles. The second-order valence-corrected chi connectivity index (χ2v) is 4.64. The van der Waals surface area contributed by atoms with Crippen LogP contribution in [0.25, 0.3) is 27.9 Å². The third-order valence-electron chi connectivity index (χ3n) is 3.30. The Morgan fingerprint density at radius 2 is 2.24 bits per heavy atom. The molecule has 0 atom stereocenters. The van der Waals surface area contributed by atoms with Crippen molar-refractivity contribution >= 4 is 22.6 Å². The summed E-state index contributed by atoms with van der Waals surface area (Å²) < 4.78 is 1.73. The van der Waals surface area contributed by atoms with E-state index in [1.54, 1.807) is 10.7 Å². The topological polar surface area (TPSA) is 83.8 Å². The lowest BCUT2D eigenvalue weighted by atomic mass is 10.2. The van der Waals surface area contributed by atoms with Gasteiger partial charge in [0.1, 0.15) is 5.65 Å². The third-order valence-corrected chi connectivity index (χ3v) is 3.30. The van der Waals surface area contributed by atoms with Crippen molar-refractivity contribution in [3.8, 4) is 11.3 Å². The first kappa shape index (κ1) is 11.8. The number of aromatic nitrogens is 6. The van der Waals surface area contributed by atoms with Gasteiger partial charge in [-0.25, -0.2) is 14.5 Å². The SMILES string of the molecule is CCNc1ncc2c(-c3ccn4nccc4n3)c[nH]c2n1. The monoisotopic (exact) mass is 279 g/mol. The van der Waals surface area contributed by atoms with E-state index >= 15 is 0 Å². The molecule has 104 valence electrons. The number of hydrogen-bond acceptors (Lipinski definition) is 5. The molecule has 0 saturated heterocycles. The van der Waals surface area contributed by atoms with Crippen molar-refractivity contribution in [3.63, 3.8) is 0 Å². The van der Waals surface area contributed by atoms with Gasteiger partial charge in [0.25, 0.3) is 0 Å². The summed E-state index contributed by atoms with van der Waals surface area (Å²) >= 11 is 0. The second-order valence-electron chi connectivity index (χ2n) is 4.64. The van der Waals surface area contributed by atoms with Crippen molar-refractivity contribution in [2.45, 2.75) is 6.92 Å². The zero-order chi connectivity index (χ0) is 14.2. The first-order valence-electron chi connectivity index (χ1n) is 6.74. The molecule has 4 heterocycles. The fourth-order valence-electron chi connectivity index (χ4n) is 2.33. The van der Waals surface area contributed by atoms with Crippen LogP contribution in [0.3, 0.4) is 0 Å². The van der Waals surface area contributed by atoms with Crippen LogP contribution in [0, 0.1) is 0 Å². The highest BCUT2D eigenvalue weighted by Gasteiger charge is 2.10. The van der Waals surface area contributed by atoms with E-state index in [1.165, 1.54) is 0 Å². The summed E-state index contributed by atoms with van der Waals surface area (Å²) in [5.41, 5.74) is 3.46. The molecule has 7 heteroatoms. The van der Waals surface area contributed by atoms with Gasteiger partial charge < -0.3 is 10.3 Å². The minimum Gasteiger partial charge on any atom is -0.354 e. The highest BCUT2D eigenvalue weighted by Crippen LogP contribution is 2.26. The van der Waals surface area contributed by atoms with E-state index < -0.39 is 0 Å². The molecule has 7 nitrogen and oxygen atoms in total. The first-order chi connectivity index (χ1) is 10.3. The van der Waals surface area contributed by atoms with E-state index in [0.717, 1.165) is 34.5 Å². The molecule has 0 radical (unpaired) electrons. The Hall–Kier alpha value is -2.96. The largest absolute Gasteiger partial charge is 0.354 e. The molecule has 0 fully saturated rings. The van der Waals surface area contributed by atoms with Crippen LogP contribution in [-0.2, 0) is 0 Å². The molecule has 0 amide bonds. The predicted molar refractivity (Wildman–Crippen MR) is 80.0 cm³/mol. The molecule has 0 aromatic carbocycles. The van der Waals surface area contributed by atoms with E-state index in [2.05, 4.69) is 30.4 Å². The van der Waals surface area contributed by atoms with Gasteiger partial charge in [0, 0.05) is 42.2 Å². The fraction of sp³-hybridized carbons (Fsp3) is 0.143. The van der Waals surface area contributed by atoms with Gasteiger partial charge in [-0.1, -0.05) is 0 Å². The average molecular weight is 279 g/mol. The van der Waals surface area contributed by atoms with E-state index in [0.29, 0.717) is 5.95 Å². The maximum Gasteiger partial charge on any atom is 0.224 e. The number of nitrogens with one attached hydrogen (secondary N) is 2. The molecule has 21 heavy (non-hydrogen) atoms. The molecular formula is C14H13N7. The normalized spacial score (nSPS) is 11.3. The van der Waals surface area contributed by atoms with Crippen molar-refractivity contribution in [1.29, 1.82) is 0 Å².